The summed E-state index contributed by atoms with van der Waals surface area (Å²) in [5.41, 5.74) is 8.78. The second-order valence-corrected chi connectivity index (χ2v) is 8.95. The third kappa shape index (κ3) is 5.43. The molecule has 1 fully saturated rings. The number of hydrogen-bond donors (Lipinski definition) is 1. The van der Waals surface area contributed by atoms with E-state index in [9.17, 15) is 9.90 Å². The summed E-state index contributed by atoms with van der Waals surface area (Å²) in [6, 6.07) is 21.4. The van der Waals surface area contributed by atoms with Gasteiger partial charge in [0.2, 0.25) is 0 Å². The van der Waals surface area contributed by atoms with E-state index in [1.807, 2.05) is 18.2 Å². The van der Waals surface area contributed by atoms with Crippen molar-refractivity contribution in [3.05, 3.63) is 95.6 Å². The summed E-state index contributed by atoms with van der Waals surface area (Å²) in [6.07, 6.45) is 7.86. The first-order valence-corrected chi connectivity index (χ1v) is 11.8. The first-order chi connectivity index (χ1) is 16.1. The van der Waals surface area contributed by atoms with Gasteiger partial charge in [-0.3, -0.25) is 0 Å². The molecule has 3 heteroatoms. The molecule has 33 heavy (non-hydrogen) atoms. The van der Waals surface area contributed by atoms with E-state index in [2.05, 4.69) is 56.0 Å². The molecule has 4 rings (SSSR count). The lowest BCUT2D eigenvalue weighted by Crippen LogP contribution is -2.04. The molecule has 0 amide bonds. The van der Waals surface area contributed by atoms with Gasteiger partial charge in [0.15, 0.2) is 0 Å². The van der Waals surface area contributed by atoms with Gasteiger partial charge in [0.1, 0.15) is 6.61 Å². The van der Waals surface area contributed by atoms with Gasteiger partial charge in [-0.25, -0.2) is 4.79 Å². The second kappa shape index (κ2) is 10.6. The predicted molar refractivity (Wildman–Crippen MR) is 134 cm³/mol. The summed E-state index contributed by atoms with van der Waals surface area (Å²) in [5.74, 6) is 0.256. The Kier molecular flexibility index (Phi) is 7.41. The average Bonchev–Trinajstić information content (AvgIpc) is 2.87. The number of aliphatic hydroxyl groups excluding tert-OH is 1. The fourth-order valence-corrected chi connectivity index (χ4v) is 4.86. The molecule has 0 aromatic heterocycles. The Morgan fingerprint density at radius 2 is 1.67 bits per heavy atom. The van der Waals surface area contributed by atoms with E-state index < -0.39 is 5.97 Å². The van der Waals surface area contributed by atoms with Crippen LogP contribution in [-0.4, -0.2) is 11.1 Å². The maximum absolute atomic E-state index is 11.6. The van der Waals surface area contributed by atoms with E-state index in [-0.39, 0.29) is 13.2 Å². The smallest absolute Gasteiger partial charge is 0.330 e. The topological polar surface area (TPSA) is 46.5 Å². The van der Waals surface area contributed by atoms with Crippen molar-refractivity contribution in [1.82, 2.24) is 0 Å². The summed E-state index contributed by atoms with van der Waals surface area (Å²) >= 11 is 0. The van der Waals surface area contributed by atoms with Crippen molar-refractivity contribution in [2.24, 2.45) is 0 Å². The largest absolute Gasteiger partial charge is 0.458 e. The van der Waals surface area contributed by atoms with Crippen molar-refractivity contribution >= 4 is 5.97 Å². The normalized spacial score (nSPS) is 14.1. The van der Waals surface area contributed by atoms with Gasteiger partial charge >= 0.3 is 5.97 Å². The van der Waals surface area contributed by atoms with Crippen LogP contribution >= 0.6 is 0 Å². The van der Waals surface area contributed by atoms with E-state index in [4.69, 9.17) is 4.74 Å². The molecule has 0 radical (unpaired) electrons. The molecule has 0 aliphatic heterocycles. The molecule has 0 bridgehead atoms. The minimum absolute atomic E-state index is 0.0581. The summed E-state index contributed by atoms with van der Waals surface area (Å²) in [7, 11) is 0. The average molecular weight is 441 g/mol. The highest BCUT2D eigenvalue weighted by atomic mass is 16.5. The fourth-order valence-electron chi connectivity index (χ4n) is 4.86. The van der Waals surface area contributed by atoms with Gasteiger partial charge in [-0.15, -0.1) is 0 Å². The standard InChI is InChI=1S/C30H32O3/c1-3-30(32)33-20-27-18-22(19-31)9-15-29(27)28-16-14-26(17-21(28)2)25-12-10-24(11-13-25)23-7-5-4-6-8-23/h3,9-18,23,31H,1,4-8,19-20H2,2H3. The van der Waals surface area contributed by atoms with Gasteiger partial charge in [-0.05, 0) is 76.3 Å². The number of aryl methyl sites for hydroxylation is 1. The first kappa shape index (κ1) is 23.0. The zero-order chi connectivity index (χ0) is 23.2. The molecular weight excluding hydrogens is 408 g/mol. The maximum Gasteiger partial charge on any atom is 0.330 e. The molecule has 0 saturated heterocycles. The summed E-state index contributed by atoms with van der Waals surface area (Å²) in [4.78, 5) is 11.6. The van der Waals surface area contributed by atoms with Crippen molar-refractivity contribution in [3.8, 4) is 22.3 Å². The lowest BCUT2D eigenvalue weighted by Gasteiger charge is -2.22. The molecule has 0 atom stereocenters. The van der Waals surface area contributed by atoms with Gasteiger partial charge < -0.3 is 9.84 Å². The number of ether oxygens (including phenoxy) is 1. The number of carbonyl (C=O) groups excluding carboxylic acids is 1. The molecule has 1 aliphatic carbocycles. The monoisotopic (exact) mass is 440 g/mol. The van der Waals surface area contributed by atoms with Crippen molar-refractivity contribution < 1.29 is 14.6 Å². The number of carbonyl (C=O) groups is 1. The maximum atomic E-state index is 11.6. The molecule has 170 valence electrons. The van der Waals surface area contributed by atoms with E-state index in [1.54, 1.807) is 0 Å². The molecule has 0 unspecified atom stereocenters. The van der Waals surface area contributed by atoms with Crippen LogP contribution < -0.4 is 0 Å². The minimum atomic E-state index is -0.459. The van der Waals surface area contributed by atoms with Crippen LogP contribution in [0.5, 0.6) is 0 Å². The van der Waals surface area contributed by atoms with Gasteiger partial charge in [-0.2, -0.15) is 0 Å². The molecule has 3 nitrogen and oxygen atoms in total. The Bertz CT molecular complexity index is 1120. The SMILES string of the molecule is C=CC(=O)OCc1cc(CO)ccc1-c1ccc(-c2ccc(C3CCCCC3)cc2)cc1C. The molecule has 3 aromatic rings. The molecule has 1 aliphatic rings. The lowest BCUT2D eigenvalue weighted by molar-refractivity contribution is -0.138. The minimum Gasteiger partial charge on any atom is -0.458 e. The summed E-state index contributed by atoms with van der Waals surface area (Å²) < 4.78 is 5.29. The Labute approximate surface area is 196 Å². The van der Waals surface area contributed by atoms with Crippen molar-refractivity contribution in [2.45, 2.75) is 58.2 Å². The van der Waals surface area contributed by atoms with E-state index >= 15 is 0 Å². The van der Waals surface area contributed by atoms with Crippen molar-refractivity contribution in [3.63, 3.8) is 0 Å². The fraction of sp³-hybridized carbons (Fsp3) is 0.300. The lowest BCUT2D eigenvalue weighted by atomic mass is 9.83. The Hall–Kier alpha value is -3.17. The zero-order valence-electron chi connectivity index (χ0n) is 19.3. The predicted octanol–water partition coefficient (Wildman–Crippen LogP) is 7.10. The Morgan fingerprint density at radius 3 is 2.33 bits per heavy atom. The highest BCUT2D eigenvalue weighted by molar-refractivity contribution is 5.81. The van der Waals surface area contributed by atoms with Crippen LogP contribution in [0.2, 0.25) is 0 Å². The van der Waals surface area contributed by atoms with Crippen LogP contribution in [-0.2, 0) is 22.7 Å². The Morgan fingerprint density at radius 1 is 0.970 bits per heavy atom. The first-order valence-electron chi connectivity index (χ1n) is 11.8. The molecule has 3 aromatic carbocycles. The van der Waals surface area contributed by atoms with Crippen molar-refractivity contribution in [1.29, 1.82) is 0 Å². The van der Waals surface area contributed by atoms with Crippen LogP contribution in [0.15, 0.2) is 73.3 Å². The van der Waals surface area contributed by atoms with E-state index in [1.165, 1.54) is 48.8 Å². The van der Waals surface area contributed by atoms with Crippen LogP contribution in [0.1, 0.15) is 60.3 Å². The number of hydrogen-bond acceptors (Lipinski definition) is 3. The number of rotatable bonds is 7. The highest BCUT2D eigenvalue weighted by Crippen LogP contribution is 2.35. The Balaban J connectivity index is 1.60. The van der Waals surface area contributed by atoms with Crippen LogP contribution in [0.3, 0.4) is 0 Å². The van der Waals surface area contributed by atoms with Crippen LogP contribution in [0.4, 0.5) is 0 Å². The quantitative estimate of drug-likeness (QED) is 0.315. The highest BCUT2D eigenvalue weighted by Gasteiger charge is 2.16. The van der Waals surface area contributed by atoms with Crippen molar-refractivity contribution in [2.75, 3.05) is 0 Å². The zero-order valence-corrected chi connectivity index (χ0v) is 19.3. The van der Waals surface area contributed by atoms with Crippen LogP contribution in [0.25, 0.3) is 22.3 Å². The van der Waals surface area contributed by atoms with Gasteiger partial charge in [0.05, 0.1) is 6.61 Å². The molecular formula is C30H32O3. The second-order valence-electron chi connectivity index (χ2n) is 8.95. The van der Waals surface area contributed by atoms with E-state index in [0.29, 0.717) is 5.92 Å². The summed E-state index contributed by atoms with van der Waals surface area (Å²) in [6.45, 7) is 5.64. The van der Waals surface area contributed by atoms with Gasteiger partial charge in [0.25, 0.3) is 0 Å². The molecule has 1 N–H and O–H groups in total. The molecule has 0 spiro atoms. The number of benzene rings is 3. The van der Waals surface area contributed by atoms with Crippen LogP contribution in [0, 0.1) is 6.92 Å². The van der Waals surface area contributed by atoms with Gasteiger partial charge in [-0.1, -0.05) is 80.4 Å². The van der Waals surface area contributed by atoms with E-state index in [0.717, 1.165) is 33.9 Å². The molecule has 0 heterocycles. The summed E-state index contributed by atoms with van der Waals surface area (Å²) in [5, 5.41) is 9.54. The van der Waals surface area contributed by atoms with Gasteiger partial charge in [0, 0.05) is 6.08 Å². The number of aliphatic hydroxyl groups is 1. The number of esters is 1. The third-order valence-electron chi connectivity index (χ3n) is 6.73. The third-order valence-corrected chi connectivity index (χ3v) is 6.73. The molecule has 1 saturated carbocycles.